The summed E-state index contributed by atoms with van der Waals surface area (Å²) in [5.74, 6) is -1.60. The molecule has 0 bridgehead atoms. The van der Waals surface area contributed by atoms with Crippen molar-refractivity contribution in [2.45, 2.75) is 31.9 Å². The molecule has 3 amide bonds. The number of rotatable bonds is 4. The van der Waals surface area contributed by atoms with Gasteiger partial charge in [-0.05, 0) is 31.0 Å². The highest BCUT2D eigenvalue weighted by molar-refractivity contribution is 6.06. The molecule has 1 aromatic rings. The number of benzene rings is 1. The highest BCUT2D eigenvalue weighted by Crippen LogP contribution is 2.36. The van der Waals surface area contributed by atoms with E-state index in [4.69, 9.17) is 0 Å². The molecule has 6 nitrogen and oxygen atoms in total. The van der Waals surface area contributed by atoms with Gasteiger partial charge in [0.25, 0.3) is 0 Å². The zero-order valence-electron chi connectivity index (χ0n) is 13.9. The molecule has 1 N–H and O–H groups in total. The van der Waals surface area contributed by atoms with Gasteiger partial charge in [0.1, 0.15) is 6.54 Å². The largest absolute Gasteiger partial charge is 0.416 e. The van der Waals surface area contributed by atoms with E-state index < -0.39 is 36.0 Å². The number of carbonyl (C=O) groups is 3. The first-order valence-corrected chi connectivity index (χ1v) is 8.35. The minimum absolute atomic E-state index is 0.0332. The van der Waals surface area contributed by atoms with Crippen molar-refractivity contribution in [3.63, 3.8) is 0 Å². The van der Waals surface area contributed by atoms with Gasteiger partial charge < -0.3 is 10.2 Å². The lowest BCUT2D eigenvalue weighted by Gasteiger charge is -2.23. The molecule has 0 unspecified atom stereocenters. The molecule has 2 fully saturated rings. The number of carbonyl (C=O) groups excluding carboxylic acids is 3. The number of likely N-dealkylation sites (tertiary alicyclic amines) is 1. The summed E-state index contributed by atoms with van der Waals surface area (Å²) < 4.78 is 39.1. The fraction of sp³-hybridized carbons (Fsp3) is 0.471. The molecule has 2 heterocycles. The Balaban J connectivity index is 1.82. The fourth-order valence-electron chi connectivity index (χ4n) is 3.18. The third-order valence-electron chi connectivity index (χ3n) is 4.50. The summed E-state index contributed by atoms with van der Waals surface area (Å²) in [7, 11) is 0. The number of amides is 3. The summed E-state index contributed by atoms with van der Waals surface area (Å²) in [6.45, 7) is 0.891. The number of nitrogens with one attached hydrogen (secondary N) is 1. The molecule has 2 saturated heterocycles. The number of imide groups is 1. The summed E-state index contributed by atoms with van der Waals surface area (Å²) >= 11 is 0. The molecule has 2 aliphatic rings. The standard InChI is InChI=1S/C17H18F3N3O3/c18-17(19,20)11-3-4-13(22-7-1-2-8-22)12(9-11)21-14(24)10-23-15(25)5-6-16(23)26/h3-4,9H,1-2,5-8,10H2,(H,21,24). The van der Waals surface area contributed by atoms with Crippen LogP contribution in [0.2, 0.25) is 0 Å². The molecule has 26 heavy (non-hydrogen) atoms. The Morgan fingerprint density at radius 3 is 2.27 bits per heavy atom. The van der Waals surface area contributed by atoms with Crippen LogP contribution < -0.4 is 10.2 Å². The van der Waals surface area contributed by atoms with E-state index in [2.05, 4.69) is 5.32 Å². The molecule has 140 valence electrons. The number of anilines is 2. The summed E-state index contributed by atoms with van der Waals surface area (Å²) in [4.78, 5) is 38.2. The summed E-state index contributed by atoms with van der Waals surface area (Å²) in [5, 5.41) is 2.44. The number of alkyl halides is 3. The second kappa shape index (κ2) is 6.97. The minimum Gasteiger partial charge on any atom is -0.370 e. The van der Waals surface area contributed by atoms with E-state index in [-0.39, 0.29) is 18.5 Å². The van der Waals surface area contributed by atoms with Crippen LogP contribution in [0.4, 0.5) is 24.5 Å². The topological polar surface area (TPSA) is 69.7 Å². The van der Waals surface area contributed by atoms with Gasteiger partial charge in [0.2, 0.25) is 17.7 Å². The van der Waals surface area contributed by atoms with Gasteiger partial charge in [-0.15, -0.1) is 0 Å². The van der Waals surface area contributed by atoms with Crippen molar-refractivity contribution in [1.82, 2.24) is 4.90 Å². The van der Waals surface area contributed by atoms with Gasteiger partial charge in [-0.1, -0.05) is 0 Å². The Hall–Kier alpha value is -2.58. The Morgan fingerprint density at radius 1 is 1.08 bits per heavy atom. The molecule has 2 aliphatic heterocycles. The van der Waals surface area contributed by atoms with Crippen LogP contribution in [0, 0.1) is 0 Å². The predicted molar refractivity (Wildman–Crippen MR) is 87.5 cm³/mol. The van der Waals surface area contributed by atoms with Crippen LogP contribution in [0.25, 0.3) is 0 Å². The van der Waals surface area contributed by atoms with Gasteiger partial charge in [-0.2, -0.15) is 13.2 Å². The normalized spacial score (nSPS) is 18.0. The molecule has 3 rings (SSSR count). The van der Waals surface area contributed by atoms with E-state index in [9.17, 15) is 27.6 Å². The molecule has 9 heteroatoms. The van der Waals surface area contributed by atoms with Crippen molar-refractivity contribution in [2.24, 2.45) is 0 Å². The smallest absolute Gasteiger partial charge is 0.370 e. The lowest BCUT2D eigenvalue weighted by molar-refractivity contribution is -0.141. The highest BCUT2D eigenvalue weighted by atomic mass is 19.4. The average Bonchev–Trinajstić information content (AvgIpc) is 3.20. The Bertz CT molecular complexity index is 727. The third kappa shape index (κ3) is 3.81. The van der Waals surface area contributed by atoms with Crippen molar-refractivity contribution in [3.05, 3.63) is 23.8 Å². The monoisotopic (exact) mass is 369 g/mol. The summed E-state index contributed by atoms with van der Waals surface area (Å²) in [5.41, 5.74) is -0.335. The molecule has 0 radical (unpaired) electrons. The van der Waals surface area contributed by atoms with Crippen LogP contribution in [-0.4, -0.2) is 42.3 Å². The number of halogens is 3. The maximum Gasteiger partial charge on any atom is 0.416 e. The number of hydrogen-bond acceptors (Lipinski definition) is 4. The second-order valence-electron chi connectivity index (χ2n) is 6.35. The SMILES string of the molecule is O=C(CN1C(=O)CCC1=O)Nc1cc(C(F)(F)F)ccc1N1CCCC1. The molecule has 1 aromatic carbocycles. The van der Waals surface area contributed by atoms with E-state index in [1.165, 1.54) is 6.07 Å². The zero-order valence-corrected chi connectivity index (χ0v) is 13.9. The molecular weight excluding hydrogens is 351 g/mol. The molecule has 0 atom stereocenters. The first kappa shape index (κ1) is 18.2. The van der Waals surface area contributed by atoms with Gasteiger partial charge in [0.15, 0.2) is 0 Å². The van der Waals surface area contributed by atoms with Crippen molar-refractivity contribution < 1.29 is 27.6 Å². The van der Waals surface area contributed by atoms with E-state index >= 15 is 0 Å². The lowest BCUT2D eigenvalue weighted by atomic mass is 10.1. The molecule has 0 aliphatic carbocycles. The third-order valence-corrected chi connectivity index (χ3v) is 4.50. The maximum atomic E-state index is 13.0. The van der Waals surface area contributed by atoms with E-state index in [1.807, 2.05) is 4.90 Å². The Morgan fingerprint density at radius 2 is 1.69 bits per heavy atom. The molecule has 0 aromatic heterocycles. The maximum absolute atomic E-state index is 13.0. The summed E-state index contributed by atoms with van der Waals surface area (Å²) in [6, 6.07) is 3.21. The number of nitrogens with zero attached hydrogens (tertiary/aromatic N) is 2. The van der Waals surface area contributed by atoms with E-state index in [0.29, 0.717) is 18.8 Å². The van der Waals surface area contributed by atoms with E-state index in [0.717, 1.165) is 29.9 Å². The fourth-order valence-corrected chi connectivity index (χ4v) is 3.18. The first-order chi connectivity index (χ1) is 12.3. The first-order valence-electron chi connectivity index (χ1n) is 8.35. The lowest BCUT2D eigenvalue weighted by Crippen LogP contribution is -2.37. The Kier molecular flexibility index (Phi) is 4.88. The Labute approximate surface area is 147 Å². The van der Waals surface area contributed by atoms with Crippen LogP contribution in [0.3, 0.4) is 0 Å². The van der Waals surface area contributed by atoms with Gasteiger partial charge in [0, 0.05) is 25.9 Å². The van der Waals surface area contributed by atoms with Gasteiger partial charge in [-0.25, -0.2) is 0 Å². The number of hydrogen-bond donors (Lipinski definition) is 1. The van der Waals surface area contributed by atoms with Gasteiger partial charge >= 0.3 is 6.18 Å². The molecule has 0 saturated carbocycles. The second-order valence-corrected chi connectivity index (χ2v) is 6.35. The van der Waals surface area contributed by atoms with Crippen LogP contribution in [-0.2, 0) is 20.6 Å². The minimum atomic E-state index is -4.54. The quantitative estimate of drug-likeness (QED) is 0.828. The molecule has 0 spiro atoms. The zero-order chi connectivity index (χ0) is 18.9. The predicted octanol–water partition coefficient (Wildman–Crippen LogP) is 2.39. The van der Waals surface area contributed by atoms with Crippen LogP contribution >= 0.6 is 0 Å². The highest BCUT2D eigenvalue weighted by Gasteiger charge is 2.33. The van der Waals surface area contributed by atoms with Crippen molar-refractivity contribution >= 4 is 29.1 Å². The van der Waals surface area contributed by atoms with E-state index in [1.54, 1.807) is 0 Å². The van der Waals surface area contributed by atoms with Crippen molar-refractivity contribution in [2.75, 3.05) is 29.9 Å². The van der Waals surface area contributed by atoms with Gasteiger partial charge in [-0.3, -0.25) is 19.3 Å². The average molecular weight is 369 g/mol. The van der Waals surface area contributed by atoms with Crippen molar-refractivity contribution in [1.29, 1.82) is 0 Å². The van der Waals surface area contributed by atoms with Crippen LogP contribution in [0.15, 0.2) is 18.2 Å². The van der Waals surface area contributed by atoms with Crippen LogP contribution in [0.5, 0.6) is 0 Å². The van der Waals surface area contributed by atoms with Crippen LogP contribution in [0.1, 0.15) is 31.2 Å². The van der Waals surface area contributed by atoms with Gasteiger partial charge in [0.05, 0.1) is 16.9 Å². The summed E-state index contributed by atoms with van der Waals surface area (Å²) in [6.07, 6.45) is -2.59. The van der Waals surface area contributed by atoms with Crippen molar-refractivity contribution in [3.8, 4) is 0 Å². The molecular formula is C17H18F3N3O3.